The molecule has 1 aromatic carbocycles. The number of amides is 1. The lowest BCUT2D eigenvalue weighted by Gasteiger charge is -2.26. The molecule has 1 aliphatic heterocycles. The maximum Gasteiger partial charge on any atom is 0.417 e. The van der Waals surface area contributed by atoms with E-state index in [-0.39, 0.29) is 0 Å². The number of hydrogen-bond acceptors (Lipinski definition) is 5. The molecule has 158 valence electrons. The van der Waals surface area contributed by atoms with Crippen LogP contribution in [0.15, 0.2) is 48.7 Å². The van der Waals surface area contributed by atoms with Gasteiger partial charge in [-0.05, 0) is 61.8 Å². The van der Waals surface area contributed by atoms with Crippen LogP contribution in [0.1, 0.15) is 31.9 Å². The molecule has 4 rings (SSSR count). The fraction of sp³-hybridized carbons (Fsp3) is 0.391. The number of hydrogen-bond donors (Lipinski definition) is 2. The minimum atomic E-state index is -1.01. The summed E-state index contributed by atoms with van der Waals surface area (Å²) in [6.07, 6.45) is 4.02. The van der Waals surface area contributed by atoms with E-state index in [9.17, 15) is 9.90 Å². The number of thiophene rings is 1. The van der Waals surface area contributed by atoms with Crippen molar-refractivity contribution in [1.29, 1.82) is 0 Å². The molecule has 0 spiro atoms. The molecular formula is C23H27N3O3S. The highest BCUT2D eigenvalue weighted by Crippen LogP contribution is 2.37. The van der Waals surface area contributed by atoms with Crippen LogP contribution in [-0.2, 0) is 11.3 Å². The first-order chi connectivity index (χ1) is 14.6. The van der Waals surface area contributed by atoms with Gasteiger partial charge in [0.15, 0.2) is 0 Å². The molecule has 0 saturated carbocycles. The first kappa shape index (κ1) is 20.8. The average molecular weight is 426 g/mol. The monoisotopic (exact) mass is 425 g/mol. The summed E-state index contributed by atoms with van der Waals surface area (Å²) in [7, 11) is 0. The van der Waals surface area contributed by atoms with Gasteiger partial charge >= 0.3 is 6.09 Å². The van der Waals surface area contributed by atoms with Gasteiger partial charge in [0.2, 0.25) is 0 Å². The van der Waals surface area contributed by atoms with E-state index in [0.29, 0.717) is 29.2 Å². The van der Waals surface area contributed by atoms with Crippen molar-refractivity contribution in [3.05, 3.63) is 54.4 Å². The molecule has 0 radical (unpaired) electrons. The number of fused-ring (bicyclic) bond motifs is 1. The summed E-state index contributed by atoms with van der Waals surface area (Å²) in [4.78, 5) is 18.0. The van der Waals surface area contributed by atoms with Gasteiger partial charge in [0.25, 0.3) is 0 Å². The second-order valence-electron chi connectivity index (χ2n) is 7.78. The number of pyridine rings is 1. The predicted molar refractivity (Wildman–Crippen MR) is 121 cm³/mol. The van der Waals surface area contributed by atoms with Crippen LogP contribution in [0.5, 0.6) is 0 Å². The summed E-state index contributed by atoms with van der Waals surface area (Å²) >= 11 is 1.47. The Balaban J connectivity index is 1.52. The van der Waals surface area contributed by atoms with Crippen LogP contribution in [0.4, 0.5) is 15.5 Å². The predicted octanol–water partition coefficient (Wildman–Crippen LogP) is 5.41. The van der Waals surface area contributed by atoms with Crippen LogP contribution in [0.25, 0.3) is 10.1 Å². The number of benzene rings is 1. The zero-order valence-electron chi connectivity index (χ0n) is 17.1. The van der Waals surface area contributed by atoms with E-state index in [4.69, 9.17) is 4.74 Å². The van der Waals surface area contributed by atoms with Gasteiger partial charge < -0.3 is 15.2 Å². The molecule has 2 N–H and O–H groups in total. The van der Waals surface area contributed by atoms with E-state index in [1.165, 1.54) is 16.2 Å². The summed E-state index contributed by atoms with van der Waals surface area (Å²) in [6, 6.07) is 13.8. The summed E-state index contributed by atoms with van der Waals surface area (Å²) in [5.74, 6) is 0.679. The molecule has 0 aliphatic carbocycles. The summed E-state index contributed by atoms with van der Waals surface area (Å²) < 4.78 is 6.51. The van der Waals surface area contributed by atoms with E-state index < -0.39 is 6.09 Å². The van der Waals surface area contributed by atoms with E-state index in [2.05, 4.69) is 17.2 Å². The fourth-order valence-electron chi connectivity index (χ4n) is 4.00. The van der Waals surface area contributed by atoms with Crippen LogP contribution in [0.3, 0.4) is 0 Å². The van der Waals surface area contributed by atoms with Gasteiger partial charge in [0.1, 0.15) is 5.00 Å². The van der Waals surface area contributed by atoms with Gasteiger partial charge in [0.05, 0.1) is 11.4 Å². The molecule has 30 heavy (non-hydrogen) atoms. The topological polar surface area (TPSA) is 74.7 Å². The summed E-state index contributed by atoms with van der Waals surface area (Å²) in [6.45, 7) is 4.41. The lowest BCUT2D eigenvalue weighted by molar-refractivity contribution is 0.0611. The minimum Gasteiger partial charge on any atom is -0.464 e. The van der Waals surface area contributed by atoms with E-state index in [0.717, 1.165) is 48.3 Å². The van der Waals surface area contributed by atoms with Gasteiger partial charge in [0, 0.05) is 36.7 Å². The van der Waals surface area contributed by atoms with Gasteiger partial charge in [-0.25, -0.2) is 9.69 Å². The molecule has 3 heterocycles. The lowest BCUT2D eigenvalue weighted by Crippen LogP contribution is -2.31. The minimum absolute atomic E-state index is 0.325. The second kappa shape index (κ2) is 9.55. The van der Waals surface area contributed by atoms with Crippen molar-refractivity contribution in [2.24, 2.45) is 5.92 Å². The quantitative estimate of drug-likeness (QED) is 0.530. The Bertz CT molecular complexity index is 967. The Morgan fingerprint density at radius 1 is 1.30 bits per heavy atom. The average Bonchev–Trinajstić information content (AvgIpc) is 3.17. The van der Waals surface area contributed by atoms with Crippen molar-refractivity contribution in [1.82, 2.24) is 10.3 Å². The third kappa shape index (κ3) is 4.80. The van der Waals surface area contributed by atoms with E-state index >= 15 is 0 Å². The number of carbonyl (C=O) groups is 1. The molecule has 1 fully saturated rings. The van der Waals surface area contributed by atoms with Crippen molar-refractivity contribution in [3.63, 3.8) is 0 Å². The normalized spacial score (nSPS) is 15.9. The lowest BCUT2D eigenvalue weighted by atomic mass is 9.93. The number of ether oxygens (including phenoxy) is 1. The highest BCUT2D eigenvalue weighted by Gasteiger charge is 2.23. The van der Waals surface area contributed by atoms with Gasteiger partial charge in [-0.3, -0.25) is 4.98 Å². The largest absolute Gasteiger partial charge is 0.464 e. The number of rotatable bonds is 7. The standard InChI is InChI=1S/C23H27N3O3S/c1-16(13-17-8-11-29-12-9-17)25-15-19-20(6-4-10-24-19)26(23(27)28)22-14-18-5-2-3-7-21(18)30-22/h2-7,10,14,16-17,25H,8-9,11-13,15H2,1H3,(H,27,28). The molecule has 1 saturated heterocycles. The third-order valence-corrected chi connectivity index (χ3v) is 6.68. The Kier molecular flexibility index (Phi) is 6.62. The Hall–Kier alpha value is -2.48. The second-order valence-corrected chi connectivity index (χ2v) is 8.85. The Morgan fingerprint density at radius 2 is 2.10 bits per heavy atom. The van der Waals surface area contributed by atoms with Crippen LogP contribution in [0, 0.1) is 5.92 Å². The molecule has 0 bridgehead atoms. The van der Waals surface area contributed by atoms with Crippen LogP contribution < -0.4 is 10.2 Å². The fourth-order valence-corrected chi connectivity index (χ4v) is 5.07. The van der Waals surface area contributed by atoms with Crippen molar-refractivity contribution in [2.45, 2.75) is 38.8 Å². The number of nitrogens with zero attached hydrogens (tertiary/aromatic N) is 2. The number of anilines is 2. The first-order valence-corrected chi connectivity index (χ1v) is 11.2. The van der Waals surface area contributed by atoms with Crippen LogP contribution in [-0.4, -0.2) is 35.4 Å². The van der Waals surface area contributed by atoms with Gasteiger partial charge in [-0.1, -0.05) is 18.2 Å². The molecule has 1 amide bonds. The molecule has 3 aromatic rings. The SMILES string of the molecule is CC(CC1CCOCC1)NCc1ncccc1N(C(=O)O)c1cc2ccccc2s1. The summed E-state index contributed by atoms with van der Waals surface area (Å²) in [5, 5.41) is 15.2. The smallest absolute Gasteiger partial charge is 0.417 e. The Morgan fingerprint density at radius 3 is 2.87 bits per heavy atom. The highest BCUT2D eigenvalue weighted by atomic mass is 32.1. The van der Waals surface area contributed by atoms with Crippen molar-refractivity contribution >= 4 is 38.2 Å². The Labute approximate surface area is 180 Å². The number of aromatic nitrogens is 1. The molecule has 7 heteroatoms. The van der Waals surface area contributed by atoms with Crippen LogP contribution >= 0.6 is 11.3 Å². The maximum atomic E-state index is 12.2. The van der Waals surface area contributed by atoms with Gasteiger partial charge in [-0.15, -0.1) is 11.3 Å². The van der Waals surface area contributed by atoms with Crippen molar-refractivity contribution in [2.75, 3.05) is 18.1 Å². The van der Waals surface area contributed by atoms with Gasteiger partial charge in [-0.2, -0.15) is 0 Å². The first-order valence-electron chi connectivity index (χ1n) is 10.4. The molecule has 1 unspecified atom stereocenters. The zero-order chi connectivity index (χ0) is 20.9. The van der Waals surface area contributed by atoms with Crippen molar-refractivity contribution < 1.29 is 14.6 Å². The molecule has 1 atom stereocenters. The zero-order valence-corrected chi connectivity index (χ0v) is 17.9. The molecular weight excluding hydrogens is 398 g/mol. The van der Waals surface area contributed by atoms with Crippen molar-refractivity contribution in [3.8, 4) is 0 Å². The van der Waals surface area contributed by atoms with E-state index in [1.807, 2.05) is 36.4 Å². The highest BCUT2D eigenvalue weighted by molar-refractivity contribution is 7.23. The molecule has 1 aliphatic rings. The number of carboxylic acid groups (broad SMARTS) is 1. The molecule has 2 aromatic heterocycles. The summed E-state index contributed by atoms with van der Waals surface area (Å²) in [5.41, 5.74) is 1.33. The number of nitrogens with one attached hydrogen (secondary N) is 1. The van der Waals surface area contributed by atoms with E-state index in [1.54, 1.807) is 12.3 Å². The maximum absolute atomic E-state index is 12.2. The third-order valence-electron chi connectivity index (χ3n) is 5.58. The van der Waals surface area contributed by atoms with Crippen LogP contribution in [0.2, 0.25) is 0 Å². The molecule has 6 nitrogen and oxygen atoms in total.